The topological polar surface area (TPSA) is 81.1 Å². The third kappa shape index (κ3) is 4.36. The highest BCUT2D eigenvalue weighted by atomic mass is 16.5. The summed E-state index contributed by atoms with van der Waals surface area (Å²) in [7, 11) is 0. The quantitative estimate of drug-likeness (QED) is 0.872. The number of rotatable bonds is 5. The van der Waals surface area contributed by atoms with Crippen molar-refractivity contribution in [3.63, 3.8) is 0 Å². The Morgan fingerprint density at radius 3 is 2.80 bits per heavy atom. The van der Waals surface area contributed by atoms with Crippen molar-refractivity contribution in [1.82, 2.24) is 20.3 Å². The van der Waals surface area contributed by atoms with Gasteiger partial charge < -0.3 is 15.4 Å². The zero-order chi connectivity index (χ0) is 17.8. The van der Waals surface area contributed by atoms with Gasteiger partial charge in [0.25, 0.3) is 5.91 Å². The molecule has 7 heteroatoms. The number of carbonyl (C=O) groups excluding carboxylic acids is 1. The minimum Gasteiger partial charge on any atom is -0.491 e. The number of hydrogen-bond donors (Lipinski definition) is 2. The van der Waals surface area contributed by atoms with Gasteiger partial charge in [0.15, 0.2) is 5.69 Å². The van der Waals surface area contributed by atoms with Crippen LogP contribution in [0.15, 0.2) is 24.4 Å². The Morgan fingerprint density at radius 2 is 2.12 bits per heavy atom. The van der Waals surface area contributed by atoms with Crippen LogP contribution in [0, 0.1) is 6.92 Å². The van der Waals surface area contributed by atoms with Gasteiger partial charge in [-0.15, -0.1) is 5.10 Å². The van der Waals surface area contributed by atoms with Crippen molar-refractivity contribution in [2.75, 3.05) is 18.4 Å². The molecule has 1 amide bonds. The number of amides is 1. The number of aryl methyl sites for hydroxylation is 1. The molecule has 1 aliphatic rings. The summed E-state index contributed by atoms with van der Waals surface area (Å²) in [6.07, 6.45) is 3.85. The van der Waals surface area contributed by atoms with Gasteiger partial charge >= 0.3 is 0 Å². The molecule has 2 heterocycles. The van der Waals surface area contributed by atoms with E-state index in [9.17, 15) is 4.79 Å². The Hall–Kier alpha value is -2.41. The van der Waals surface area contributed by atoms with Gasteiger partial charge in [0.1, 0.15) is 5.75 Å². The van der Waals surface area contributed by atoms with Crippen LogP contribution in [0.3, 0.4) is 0 Å². The largest absolute Gasteiger partial charge is 0.491 e. The van der Waals surface area contributed by atoms with Gasteiger partial charge in [0, 0.05) is 5.69 Å². The maximum Gasteiger partial charge on any atom is 0.277 e. The summed E-state index contributed by atoms with van der Waals surface area (Å²) in [5.41, 5.74) is 2.03. The van der Waals surface area contributed by atoms with Crippen LogP contribution < -0.4 is 15.4 Å². The van der Waals surface area contributed by atoms with E-state index in [4.69, 9.17) is 4.74 Å². The molecule has 1 fully saturated rings. The lowest BCUT2D eigenvalue weighted by atomic mass is 10.1. The number of benzene rings is 1. The Labute approximate surface area is 147 Å². The van der Waals surface area contributed by atoms with Gasteiger partial charge in [-0.1, -0.05) is 5.21 Å². The molecule has 0 spiro atoms. The van der Waals surface area contributed by atoms with Gasteiger partial charge in [0.2, 0.25) is 0 Å². The van der Waals surface area contributed by atoms with Crippen molar-refractivity contribution in [2.45, 2.75) is 45.8 Å². The maximum absolute atomic E-state index is 12.4. The van der Waals surface area contributed by atoms with Crippen molar-refractivity contribution in [1.29, 1.82) is 0 Å². The number of piperidine rings is 1. The Kier molecular flexibility index (Phi) is 5.33. The van der Waals surface area contributed by atoms with E-state index in [0.29, 0.717) is 11.7 Å². The fourth-order valence-electron chi connectivity index (χ4n) is 2.94. The zero-order valence-corrected chi connectivity index (χ0v) is 15.0. The summed E-state index contributed by atoms with van der Waals surface area (Å²) in [6, 6.07) is 5.91. The maximum atomic E-state index is 12.4. The Bertz CT molecular complexity index is 735. The normalized spacial score (nSPS) is 15.4. The second-order valence-electron chi connectivity index (χ2n) is 6.67. The molecular weight excluding hydrogens is 318 g/mol. The van der Waals surface area contributed by atoms with E-state index in [-0.39, 0.29) is 12.0 Å². The number of hydrogen-bond acceptors (Lipinski definition) is 5. The average molecular weight is 343 g/mol. The first kappa shape index (κ1) is 17.4. The van der Waals surface area contributed by atoms with Crippen molar-refractivity contribution >= 4 is 11.6 Å². The fraction of sp³-hybridized carbons (Fsp3) is 0.500. The average Bonchev–Trinajstić information content (AvgIpc) is 3.08. The molecule has 7 nitrogen and oxygen atoms in total. The van der Waals surface area contributed by atoms with Crippen LogP contribution in [0.4, 0.5) is 5.69 Å². The SMILES string of the molecule is Cc1cc(NC(=O)c2cn(C3CCNCC3)nn2)ccc1OC(C)C. The van der Waals surface area contributed by atoms with Crippen LogP contribution in [-0.4, -0.2) is 40.1 Å². The second-order valence-corrected chi connectivity index (χ2v) is 6.67. The van der Waals surface area contributed by atoms with E-state index >= 15 is 0 Å². The van der Waals surface area contributed by atoms with Crippen LogP contribution in [0.2, 0.25) is 0 Å². The van der Waals surface area contributed by atoms with E-state index in [1.54, 1.807) is 10.9 Å². The lowest BCUT2D eigenvalue weighted by Gasteiger charge is -2.22. The van der Waals surface area contributed by atoms with E-state index in [1.165, 1.54) is 0 Å². The Balaban J connectivity index is 1.66. The van der Waals surface area contributed by atoms with Gasteiger partial charge in [0.05, 0.1) is 18.3 Å². The van der Waals surface area contributed by atoms with Gasteiger partial charge in [-0.3, -0.25) is 4.79 Å². The highest BCUT2D eigenvalue weighted by Crippen LogP contribution is 2.23. The molecule has 3 rings (SSSR count). The molecule has 25 heavy (non-hydrogen) atoms. The molecule has 2 N–H and O–H groups in total. The predicted octanol–water partition coefficient (Wildman–Crippen LogP) is 2.55. The minimum atomic E-state index is -0.253. The van der Waals surface area contributed by atoms with Crippen LogP contribution >= 0.6 is 0 Å². The summed E-state index contributed by atoms with van der Waals surface area (Å²) >= 11 is 0. The number of nitrogens with zero attached hydrogens (tertiary/aromatic N) is 3. The molecule has 1 aromatic heterocycles. The lowest BCUT2D eigenvalue weighted by Crippen LogP contribution is -2.29. The van der Waals surface area contributed by atoms with Crippen LogP contribution in [0.5, 0.6) is 5.75 Å². The molecular formula is C18H25N5O2. The number of anilines is 1. The molecule has 0 saturated carbocycles. The molecule has 0 atom stereocenters. The third-order valence-electron chi connectivity index (χ3n) is 4.22. The first-order valence-corrected chi connectivity index (χ1v) is 8.74. The monoisotopic (exact) mass is 343 g/mol. The van der Waals surface area contributed by atoms with Gasteiger partial charge in [-0.25, -0.2) is 4.68 Å². The Morgan fingerprint density at radius 1 is 1.36 bits per heavy atom. The highest BCUT2D eigenvalue weighted by molar-refractivity contribution is 6.02. The van der Waals surface area contributed by atoms with Crippen molar-refractivity contribution < 1.29 is 9.53 Å². The summed E-state index contributed by atoms with van der Waals surface area (Å²) in [6.45, 7) is 7.87. The number of carbonyl (C=O) groups is 1. The van der Waals surface area contributed by atoms with E-state index < -0.39 is 0 Å². The number of aromatic nitrogens is 3. The predicted molar refractivity (Wildman–Crippen MR) is 96.1 cm³/mol. The summed E-state index contributed by atoms with van der Waals surface area (Å²) in [5, 5.41) is 14.3. The fourth-order valence-corrected chi connectivity index (χ4v) is 2.94. The molecule has 1 aliphatic heterocycles. The smallest absolute Gasteiger partial charge is 0.277 e. The number of nitrogens with one attached hydrogen (secondary N) is 2. The van der Waals surface area contributed by atoms with Crippen molar-refractivity contribution in [2.24, 2.45) is 0 Å². The molecule has 2 aromatic rings. The first-order chi connectivity index (χ1) is 12.0. The molecule has 0 unspecified atom stereocenters. The molecule has 1 saturated heterocycles. The van der Waals surface area contributed by atoms with Crippen LogP contribution in [-0.2, 0) is 0 Å². The van der Waals surface area contributed by atoms with Gasteiger partial charge in [-0.2, -0.15) is 0 Å². The number of ether oxygens (including phenoxy) is 1. The first-order valence-electron chi connectivity index (χ1n) is 8.74. The summed E-state index contributed by atoms with van der Waals surface area (Å²) in [5.74, 6) is 0.571. The molecule has 134 valence electrons. The van der Waals surface area contributed by atoms with Gasteiger partial charge in [-0.05, 0) is 70.5 Å². The molecule has 0 radical (unpaired) electrons. The highest BCUT2D eigenvalue weighted by Gasteiger charge is 2.19. The van der Waals surface area contributed by atoms with Crippen LogP contribution in [0.25, 0.3) is 0 Å². The van der Waals surface area contributed by atoms with Crippen molar-refractivity contribution in [3.8, 4) is 5.75 Å². The molecule has 0 aliphatic carbocycles. The molecule has 0 bridgehead atoms. The van der Waals surface area contributed by atoms with E-state index in [1.807, 2.05) is 39.0 Å². The second kappa shape index (κ2) is 7.65. The van der Waals surface area contributed by atoms with E-state index in [2.05, 4.69) is 20.9 Å². The zero-order valence-electron chi connectivity index (χ0n) is 15.0. The summed E-state index contributed by atoms with van der Waals surface area (Å²) < 4.78 is 7.52. The third-order valence-corrected chi connectivity index (χ3v) is 4.22. The van der Waals surface area contributed by atoms with Crippen LogP contribution in [0.1, 0.15) is 48.8 Å². The standard InChI is InChI=1S/C18H25N5O2/c1-12(2)25-17-5-4-14(10-13(17)3)20-18(24)16-11-23(22-21-16)15-6-8-19-9-7-15/h4-5,10-12,15,19H,6-9H2,1-3H3,(H,20,24). The van der Waals surface area contributed by atoms with Crippen molar-refractivity contribution in [3.05, 3.63) is 35.7 Å². The molecule has 1 aromatic carbocycles. The van der Waals surface area contributed by atoms with E-state index in [0.717, 1.165) is 42.9 Å². The minimum absolute atomic E-state index is 0.115. The lowest BCUT2D eigenvalue weighted by molar-refractivity contribution is 0.102. The summed E-state index contributed by atoms with van der Waals surface area (Å²) in [4.78, 5) is 12.4.